The fourth-order valence-corrected chi connectivity index (χ4v) is 2.06. The molecule has 1 N–H and O–H groups in total. The van der Waals surface area contributed by atoms with E-state index in [2.05, 4.69) is 42.9 Å². The predicted octanol–water partition coefficient (Wildman–Crippen LogP) is 2.57. The fourth-order valence-electron chi connectivity index (χ4n) is 1.66. The number of rotatable bonds is 3. The highest BCUT2D eigenvalue weighted by molar-refractivity contribution is 9.10. The molecule has 1 heterocycles. The molecule has 0 unspecified atom stereocenters. The number of hydrogen-bond donors (Lipinski definition) is 1. The van der Waals surface area contributed by atoms with Gasteiger partial charge in [0.2, 0.25) is 0 Å². The molecule has 1 aromatic heterocycles. The number of nitrogens with zero attached hydrogens (tertiary/aromatic N) is 2. The Kier molecular flexibility index (Phi) is 3.41. The largest absolute Gasteiger partial charge is 0.322 e. The van der Waals surface area contributed by atoms with Crippen molar-refractivity contribution < 1.29 is 0 Å². The molecular formula is C12H14BrN3. The van der Waals surface area contributed by atoms with Crippen molar-refractivity contribution in [2.45, 2.75) is 6.54 Å². The Hall–Kier alpha value is -1.13. The first-order chi connectivity index (χ1) is 7.74. The highest BCUT2D eigenvalue weighted by Gasteiger charge is 2.12. The zero-order chi connectivity index (χ0) is 11.5. The molecule has 2 aromatic rings. The van der Waals surface area contributed by atoms with Gasteiger partial charge in [-0.25, -0.2) is 4.98 Å². The number of benzene rings is 1. The van der Waals surface area contributed by atoms with Crippen LogP contribution in [0.15, 0.2) is 34.9 Å². The lowest BCUT2D eigenvalue weighted by molar-refractivity contribution is 0.788. The van der Waals surface area contributed by atoms with Crippen LogP contribution in [-0.2, 0) is 13.6 Å². The van der Waals surface area contributed by atoms with E-state index in [0.717, 1.165) is 28.2 Å². The van der Waals surface area contributed by atoms with Crippen LogP contribution in [0.2, 0.25) is 0 Å². The zero-order valence-corrected chi connectivity index (χ0v) is 11.0. The van der Waals surface area contributed by atoms with Crippen molar-refractivity contribution in [2.24, 2.45) is 7.05 Å². The lowest BCUT2D eigenvalue weighted by Crippen LogP contribution is -2.05. The normalized spacial score (nSPS) is 10.7. The molecule has 0 amide bonds. The minimum Gasteiger partial charge on any atom is -0.322 e. The second-order valence-electron chi connectivity index (χ2n) is 3.63. The van der Waals surface area contributed by atoms with Crippen molar-refractivity contribution in [3.05, 3.63) is 40.6 Å². The summed E-state index contributed by atoms with van der Waals surface area (Å²) in [4.78, 5) is 4.62. The molecule has 1 aromatic carbocycles. The highest BCUT2D eigenvalue weighted by Crippen LogP contribution is 2.24. The molecule has 0 spiro atoms. The summed E-state index contributed by atoms with van der Waals surface area (Å²) < 4.78 is 3.09. The molecular weight excluding hydrogens is 266 g/mol. The minimum atomic E-state index is 0.765. The van der Waals surface area contributed by atoms with Gasteiger partial charge in [0.15, 0.2) is 0 Å². The molecule has 4 heteroatoms. The maximum Gasteiger partial charge on any atom is 0.140 e. The number of imidazole rings is 1. The second-order valence-corrected chi connectivity index (χ2v) is 4.38. The fraction of sp³-hybridized carbons (Fsp3) is 0.250. The minimum absolute atomic E-state index is 0.765. The SMILES string of the molecule is CNCc1nc(-c2ccccc2)n(C)c1Br. The molecule has 0 aliphatic heterocycles. The molecule has 16 heavy (non-hydrogen) atoms. The van der Waals surface area contributed by atoms with Gasteiger partial charge >= 0.3 is 0 Å². The second kappa shape index (κ2) is 4.80. The first kappa shape index (κ1) is 11.4. The molecule has 0 saturated heterocycles. The van der Waals surface area contributed by atoms with E-state index in [4.69, 9.17) is 0 Å². The van der Waals surface area contributed by atoms with E-state index < -0.39 is 0 Å². The lowest BCUT2D eigenvalue weighted by atomic mass is 10.2. The van der Waals surface area contributed by atoms with Crippen molar-refractivity contribution in [3.8, 4) is 11.4 Å². The monoisotopic (exact) mass is 279 g/mol. The van der Waals surface area contributed by atoms with Gasteiger partial charge in [0.05, 0.1) is 5.69 Å². The van der Waals surface area contributed by atoms with Crippen LogP contribution in [0.1, 0.15) is 5.69 Å². The number of nitrogens with one attached hydrogen (secondary N) is 1. The number of hydrogen-bond acceptors (Lipinski definition) is 2. The standard InChI is InChI=1S/C12H14BrN3/c1-14-8-10-11(13)16(2)12(15-10)9-6-4-3-5-7-9/h3-7,14H,8H2,1-2H3. The quantitative estimate of drug-likeness (QED) is 0.936. The molecule has 0 fully saturated rings. The van der Waals surface area contributed by atoms with E-state index >= 15 is 0 Å². The third kappa shape index (κ3) is 2.03. The van der Waals surface area contributed by atoms with Crippen molar-refractivity contribution in [3.63, 3.8) is 0 Å². The summed E-state index contributed by atoms with van der Waals surface area (Å²) >= 11 is 3.56. The van der Waals surface area contributed by atoms with E-state index in [9.17, 15) is 0 Å². The summed E-state index contributed by atoms with van der Waals surface area (Å²) in [6.45, 7) is 0.765. The predicted molar refractivity (Wildman–Crippen MR) is 69.1 cm³/mol. The summed E-state index contributed by atoms with van der Waals surface area (Å²) in [5, 5.41) is 3.11. The summed E-state index contributed by atoms with van der Waals surface area (Å²) in [6, 6.07) is 10.2. The van der Waals surface area contributed by atoms with Crippen LogP contribution in [-0.4, -0.2) is 16.6 Å². The topological polar surface area (TPSA) is 29.9 Å². The van der Waals surface area contributed by atoms with Crippen LogP contribution >= 0.6 is 15.9 Å². The zero-order valence-electron chi connectivity index (χ0n) is 9.37. The van der Waals surface area contributed by atoms with Crippen molar-refractivity contribution in [2.75, 3.05) is 7.05 Å². The van der Waals surface area contributed by atoms with Gasteiger partial charge in [-0.3, -0.25) is 0 Å². The van der Waals surface area contributed by atoms with Crippen molar-refractivity contribution in [1.82, 2.24) is 14.9 Å². The molecule has 0 radical (unpaired) electrons. The van der Waals surface area contributed by atoms with Crippen LogP contribution in [0.4, 0.5) is 0 Å². The van der Waals surface area contributed by atoms with Gasteiger partial charge in [-0.15, -0.1) is 0 Å². The van der Waals surface area contributed by atoms with E-state index in [1.807, 2.05) is 32.3 Å². The summed E-state index contributed by atoms with van der Waals surface area (Å²) in [5.74, 6) is 0.984. The molecule has 0 bridgehead atoms. The Morgan fingerprint density at radius 1 is 1.31 bits per heavy atom. The number of aromatic nitrogens is 2. The molecule has 0 atom stereocenters. The van der Waals surface area contributed by atoms with E-state index in [0.29, 0.717) is 0 Å². The summed E-state index contributed by atoms with van der Waals surface area (Å²) in [7, 11) is 3.93. The summed E-state index contributed by atoms with van der Waals surface area (Å²) in [5.41, 5.74) is 2.16. The van der Waals surface area contributed by atoms with E-state index in [1.54, 1.807) is 0 Å². The van der Waals surface area contributed by atoms with Gasteiger partial charge in [0.25, 0.3) is 0 Å². The molecule has 0 aliphatic rings. The average molecular weight is 280 g/mol. The van der Waals surface area contributed by atoms with Crippen LogP contribution in [0.25, 0.3) is 11.4 Å². The first-order valence-electron chi connectivity index (χ1n) is 5.15. The molecule has 3 nitrogen and oxygen atoms in total. The summed E-state index contributed by atoms with van der Waals surface area (Å²) in [6.07, 6.45) is 0. The Labute approximate surface area is 104 Å². The van der Waals surface area contributed by atoms with Crippen molar-refractivity contribution in [1.29, 1.82) is 0 Å². The number of halogens is 1. The molecule has 0 saturated carbocycles. The average Bonchev–Trinajstić information content (AvgIpc) is 2.59. The maximum absolute atomic E-state index is 4.62. The van der Waals surface area contributed by atoms with E-state index in [-0.39, 0.29) is 0 Å². The van der Waals surface area contributed by atoms with Crippen LogP contribution < -0.4 is 5.32 Å². The molecule has 2 rings (SSSR count). The van der Waals surface area contributed by atoms with Crippen LogP contribution in [0.5, 0.6) is 0 Å². The maximum atomic E-state index is 4.62. The molecule has 0 aliphatic carbocycles. The van der Waals surface area contributed by atoms with Gasteiger partial charge in [-0.05, 0) is 23.0 Å². The van der Waals surface area contributed by atoms with Crippen LogP contribution in [0, 0.1) is 0 Å². The smallest absolute Gasteiger partial charge is 0.140 e. The van der Waals surface area contributed by atoms with Gasteiger partial charge in [-0.2, -0.15) is 0 Å². The van der Waals surface area contributed by atoms with Gasteiger partial charge in [0.1, 0.15) is 10.4 Å². The third-order valence-corrected chi connectivity index (χ3v) is 3.46. The highest BCUT2D eigenvalue weighted by atomic mass is 79.9. The third-order valence-electron chi connectivity index (χ3n) is 2.47. The van der Waals surface area contributed by atoms with Crippen LogP contribution in [0.3, 0.4) is 0 Å². The van der Waals surface area contributed by atoms with E-state index in [1.165, 1.54) is 0 Å². The Morgan fingerprint density at radius 2 is 2.00 bits per heavy atom. The van der Waals surface area contributed by atoms with Gasteiger partial charge in [-0.1, -0.05) is 30.3 Å². The first-order valence-corrected chi connectivity index (χ1v) is 5.94. The Bertz CT molecular complexity index is 477. The van der Waals surface area contributed by atoms with Gasteiger partial charge in [0, 0.05) is 19.2 Å². The molecule has 84 valence electrons. The Morgan fingerprint density at radius 3 is 2.62 bits per heavy atom. The lowest BCUT2D eigenvalue weighted by Gasteiger charge is -2.01. The Balaban J connectivity index is 2.46. The van der Waals surface area contributed by atoms with Gasteiger partial charge < -0.3 is 9.88 Å². The van der Waals surface area contributed by atoms with Crippen molar-refractivity contribution >= 4 is 15.9 Å².